The molecule has 5 heteroatoms. The van der Waals surface area contributed by atoms with Crippen LogP contribution in [0.2, 0.25) is 0 Å². The Kier molecular flexibility index (Phi) is 3.86. The first-order chi connectivity index (χ1) is 12.1. The number of hydrogen-bond donors (Lipinski definition) is 1. The number of halogens is 1. The van der Waals surface area contributed by atoms with Crippen molar-refractivity contribution in [2.24, 2.45) is 0 Å². The minimum Gasteiger partial charge on any atom is -0.346 e. The number of aryl methyl sites for hydroxylation is 1. The fourth-order valence-electron chi connectivity index (χ4n) is 2.90. The number of H-pyrrole nitrogens is 1. The molecule has 0 aliphatic carbocycles. The van der Waals surface area contributed by atoms with Crippen molar-refractivity contribution in [2.45, 2.75) is 6.92 Å². The summed E-state index contributed by atoms with van der Waals surface area (Å²) in [7, 11) is 0. The molecule has 2 heterocycles. The Labute approximate surface area is 149 Å². The van der Waals surface area contributed by atoms with Crippen molar-refractivity contribution >= 4 is 23.1 Å². The Morgan fingerprint density at radius 1 is 1.00 bits per heavy atom. The highest BCUT2D eigenvalue weighted by Crippen LogP contribution is 2.32. The maximum atomic E-state index is 13.6. The largest absolute Gasteiger partial charge is 0.346 e. The van der Waals surface area contributed by atoms with E-state index >= 15 is 0 Å². The van der Waals surface area contributed by atoms with Crippen LogP contribution in [-0.4, -0.2) is 15.0 Å². The number of nitrogens with one attached hydrogen (secondary N) is 1. The van der Waals surface area contributed by atoms with Crippen LogP contribution >= 0.6 is 12.2 Å². The smallest absolute Gasteiger partial charge is 0.137 e. The van der Waals surface area contributed by atoms with Crippen LogP contribution in [0.3, 0.4) is 0 Å². The molecular weight excluding hydrogens is 333 g/mol. The SMILES string of the molecule is Cc1cc(-c2ncccc2-c2ccc3[nH]cnc(=S)c3c2)ccc1F. The molecule has 0 amide bonds. The second-order valence-electron chi connectivity index (χ2n) is 5.83. The normalized spacial score (nSPS) is 11.0. The van der Waals surface area contributed by atoms with Crippen molar-refractivity contribution < 1.29 is 4.39 Å². The van der Waals surface area contributed by atoms with E-state index in [9.17, 15) is 4.39 Å². The summed E-state index contributed by atoms with van der Waals surface area (Å²) in [6, 6.07) is 15.0. The standard InChI is InChI=1S/C20H14FN3S/c1-12-9-14(4-6-17(12)21)19-15(3-2-8-22-19)13-5-7-18-16(10-13)20(25)24-11-23-18/h2-11H,1H3,(H,23,24,25). The molecule has 122 valence electrons. The maximum absolute atomic E-state index is 13.6. The lowest BCUT2D eigenvalue weighted by atomic mass is 9.97. The topological polar surface area (TPSA) is 41.6 Å². The molecule has 0 saturated carbocycles. The quantitative estimate of drug-likeness (QED) is 0.489. The van der Waals surface area contributed by atoms with Crippen LogP contribution in [0.5, 0.6) is 0 Å². The molecule has 0 radical (unpaired) electrons. The maximum Gasteiger partial charge on any atom is 0.137 e. The molecule has 2 aromatic heterocycles. The summed E-state index contributed by atoms with van der Waals surface area (Å²) in [5, 5.41) is 0.889. The van der Waals surface area contributed by atoms with Crippen LogP contribution in [0.25, 0.3) is 33.3 Å². The van der Waals surface area contributed by atoms with Gasteiger partial charge in [0.05, 0.1) is 12.0 Å². The highest BCUT2D eigenvalue weighted by molar-refractivity contribution is 7.71. The molecule has 4 rings (SSSR count). The number of fused-ring (bicyclic) bond motifs is 1. The number of nitrogens with zero attached hydrogens (tertiary/aromatic N) is 2. The average Bonchev–Trinajstić information content (AvgIpc) is 2.64. The monoisotopic (exact) mass is 347 g/mol. The molecule has 0 aliphatic rings. The van der Waals surface area contributed by atoms with Crippen LogP contribution in [0.15, 0.2) is 61.1 Å². The third-order valence-corrected chi connectivity index (χ3v) is 4.53. The number of rotatable bonds is 2. The van der Waals surface area contributed by atoms with Crippen LogP contribution < -0.4 is 0 Å². The Morgan fingerprint density at radius 3 is 2.68 bits per heavy atom. The summed E-state index contributed by atoms with van der Waals surface area (Å²) >= 11 is 5.33. The first-order valence-electron chi connectivity index (χ1n) is 7.83. The van der Waals surface area contributed by atoms with E-state index in [1.165, 1.54) is 6.07 Å². The van der Waals surface area contributed by atoms with E-state index in [1.807, 2.05) is 36.4 Å². The van der Waals surface area contributed by atoms with E-state index in [2.05, 4.69) is 15.0 Å². The highest BCUT2D eigenvalue weighted by Gasteiger charge is 2.11. The molecule has 4 aromatic rings. The lowest BCUT2D eigenvalue weighted by molar-refractivity contribution is 0.619. The van der Waals surface area contributed by atoms with Crippen LogP contribution in [-0.2, 0) is 0 Å². The lowest BCUT2D eigenvalue weighted by Gasteiger charge is -2.11. The second-order valence-corrected chi connectivity index (χ2v) is 6.22. The molecule has 0 aliphatic heterocycles. The molecule has 0 atom stereocenters. The van der Waals surface area contributed by atoms with E-state index in [0.717, 1.165) is 33.3 Å². The van der Waals surface area contributed by atoms with Gasteiger partial charge in [-0.05, 0) is 54.4 Å². The zero-order valence-corrected chi connectivity index (χ0v) is 14.3. The number of aromatic amines is 1. The van der Waals surface area contributed by atoms with Crippen molar-refractivity contribution in [1.29, 1.82) is 0 Å². The zero-order chi connectivity index (χ0) is 17.4. The fraction of sp³-hybridized carbons (Fsp3) is 0.0500. The molecule has 2 aromatic carbocycles. The van der Waals surface area contributed by atoms with Gasteiger partial charge in [0.25, 0.3) is 0 Å². The number of pyridine rings is 1. The van der Waals surface area contributed by atoms with Gasteiger partial charge in [-0.2, -0.15) is 0 Å². The van der Waals surface area contributed by atoms with Crippen LogP contribution in [0.1, 0.15) is 5.56 Å². The van der Waals surface area contributed by atoms with E-state index in [4.69, 9.17) is 12.2 Å². The van der Waals surface area contributed by atoms with Crippen LogP contribution in [0, 0.1) is 17.4 Å². The Bertz CT molecular complexity index is 1150. The molecule has 0 unspecified atom stereocenters. The molecule has 0 fully saturated rings. The Hall–Kier alpha value is -2.92. The Balaban J connectivity index is 1.93. The van der Waals surface area contributed by atoms with Gasteiger partial charge in [0.1, 0.15) is 10.5 Å². The van der Waals surface area contributed by atoms with Gasteiger partial charge in [-0.3, -0.25) is 4.98 Å². The lowest BCUT2D eigenvalue weighted by Crippen LogP contribution is -1.92. The highest BCUT2D eigenvalue weighted by atomic mass is 32.1. The van der Waals surface area contributed by atoms with Gasteiger partial charge < -0.3 is 4.98 Å². The van der Waals surface area contributed by atoms with Gasteiger partial charge >= 0.3 is 0 Å². The molecule has 25 heavy (non-hydrogen) atoms. The molecule has 1 N–H and O–H groups in total. The predicted molar refractivity (Wildman–Crippen MR) is 100 cm³/mol. The summed E-state index contributed by atoms with van der Waals surface area (Å²) in [5.41, 5.74) is 5.18. The van der Waals surface area contributed by atoms with Gasteiger partial charge in [-0.1, -0.05) is 24.4 Å². The van der Waals surface area contributed by atoms with E-state index in [0.29, 0.717) is 10.2 Å². The number of benzene rings is 2. The molecule has 0 spiro atoms. The minimum absolute atomic E-state index is 0.218. The van der Waals surface area contributed by atoms with Crippen molar-refractivity contribution in [2.75, 3.05) is 0 Å². The summed E-state index contributed by atoms with van der Waals surface area (Å²) in [6.45, 7) is 1.75. The van der Waals surface area contributed by atoms with Gasteiger partial charge in [-0.25, -0.2) is 9.37 Å². The van der Waals surface area contributed by atoms with Crippen molar-refractivity contribution in [1.82, 2.24) is 15.0 Å². The third kappa shape index (κ3) is 2.83. The van der Waals surface area contributed by atoms with Crippen LogP contribution in [0.4, 0.5) is 4.39 Å². The predicted octanol–water partition coefficient (Wildman–Crippen LogP) is 5.47. The van der Waals surface area contributed by atoms with Crippen molar-refractivity contribution in [3.63, 3.8) is 0 Å². The second kappa shape index (κ2) is 6.18. The number of aromatic nitrogens is 3. The first-order valence-corrected chi connectivity index (χ1v) is 8.24. The zero-order valence-electron chi connectivity index (χ0n) is 13.5. The van der Waals surface area contributed by atoms with Crippen molar-refractivity contribution in [3.8, 4) is 22.4 Å². The van der Waals surface area contributed by atoms with Crippen molar-refractivity contribution in [3.05, 3.63) is 77.1 Å². The van der Waals surface area contributed by atoms with Gasteiger partial charge in [-0.15, -0.1) is 0 Å². The van der Waals surface area contributed by atoms with Gasteiger partial charge in [0.2, 0.25) is 0 Å². The van der Waals surface area contributed by atoms with Gasteiger partial charge in [0, 0.05) is 28.2 Å². The molecule has 3 nitrogen and oxygen atoms in total. The molecule has 0 bridgehead atoms. The Morgan fingerprint density at radius 2 is 1.84 bits per heavy atom. The first kappa shape index (κ1) is 15.6. The minimum atomic E-state index is -0.218. The van der Waals surface area contributed by atoms with E-state index in [1.54, 1.807) is 25.5 Å². The molecule has 0 saturated heterocycles. The summed E-state index contributed by atoms with van der Waals surface area (Å²) in [5.74, 6) is -0.218. The average molecular weight is 347 g/mol. The molecular formula is C20H14FN3S. The summed E-state index contributed by atoms with van der Waals surface area (Å²) in [6.07, 6.45) is 3.34. The number of hydrogen-bond acceptors (Lipinski definition) is 3. The summed E-state index contributed by atoms with van der Waals surface area (Å²) in [4.78, 5) is 11.8. The third-order valence-electron chi connectivity index (χ3n) is 4.20. The van der Waals surface area contributed by atoms with E-state index in [-0.39, 0.29) is 5.82 Å². The van der Waals surface area contributed by atoms with Gasteiger partial charge in [0.15, 0.2) is 0 Å². The fourth-order valence-corrected chi connectivity index (χ4v) is 3.13. The summed E-state index contributed by atoms with van der Waals surface area (Å²) < 4.78 is 14.2. The van der Waals surface area contributed by atoms with E-state index < -0.39 is 0 Å².